The molecule has 0 aromatic carbocycles. The quantitative estimate of drug-likeness (QED) is 0.772. The summed E-state index contributed by atoms with van der Waals surface area (Å²) in [6.07, 6.45) is 4.28. The number of ether oxygens (including phenoxy) is 1. The monoisotopic (exact) mass is 241 g/mol. The van der Waals surface area contributed by atoms with E-state index in [1.165, 1.54) is 32.4 Å². The summed E-state index contributed by atoms with van der Waals surface area (Å²) in [4.78, 5) is 4.95. The van der Waals surface area contributed by atoms with Crippen LogP contribution in [0.5, 0.6) is 0 Å². The van der Waals surface area contributed by atoms with Crippen LogP contribution in [0.2, 0.25) is 0 Å². The van der Waals surface area contributed by atoms with Gasteiger partial charge in [-0.3, -0.25) is 0 Å². The number of morpholine rings is 1. The first kappa shape index (κ1) is 13.3. The number of hydrogen-bond donors (Lipinski definition) is 1. The number of piperidine rings is 1. The van der Waals surface area contributed by atoms with Crippen molar-refractivity contribution in [2.45, 2.75) is 25.4 Å². The lowest BCUT2D eigenvalue weighted by molar-refractivity contribution is -0.0405. The SMILES string of the molecule is CN1CCOC(CN2CCCC(CCN)C2)C1. The van der Waals surface area contributed by atoms with E-state index in [2.05, 4.69) is 16.8 Å². The second-order valence-electron chi connectivity index (χ2n) is 5.60. The van der Waals surface area contributed by atoms with E-state index in [4.69, 9.17) is 10.5 Å². The number of hydrogen-bond acceptors (Lipinski definition) is 4. The van der Waals surface area contributed by atoms with Crippen molar-refractivity contribution in [3.05, 3.63) is 0 Å². The fraction of sp³-hybridized carbons (Fsp3) is 1.00. The van der Waals surface area contributed by atoms with Crippen molar-refractivity contribution in [1.82, 2.24) is 9.80 Å². The number of likely N-dealkylation sites (tertiary alicyclic amines) is 1. The molecule has 0 aliphatic carbocycles. The highest BCUT2D eigenvalue weighted by atomic mass is 16.5. The molecule has 0 bridgehead atoms. The van der Waals surface area contributed by atoms with E-state index in [1.807, 2.05) is 0 Å². The Balaban J connectivity index is 1.74. The molecule has 17 heavy (non-hydrogen) atoms. The maximum Gasteiger partial charge on any atom is 0.0829 e. The minimum absolute atomic E-state index is 0.408. The summed E-state index contributed by atoms with van der Waals surface area (Å²) in [5, 5.41) is 0. The summed E-state index contributed by atoms with van der Waals surface area (Å²) in [5.74, 6) is 0.815. The molecule has 0 spiro atoms. The number of likely N-dealkylation sites (N-methyl/N-ethyl adjacent to an activating group) is 1. The molecule has 2 rings (SSSR count). The lowest BCUT2D eigenvalue weighted by Crippen LogP contribution is -2.48. The zero-order valence-electron chi connectivity index (χ0n) is 11.1. The minimum Gasteiger partial charge on any atom is -0.374 e. The summed E-state index contributed by atoms with van der Waals surface area (Å²) < 4.78 is 5.84. The van der Waals surface area contributed by atoms with E-state index in [0.717, 1.165) is 38.7 Å². The Hall–Kier alpha value is -0.160. The van der Waals surface area contributed by atoms with Crippen LogP contribution in [0.3, 0.4) is 0 Å². The molecule has 0 saturated carbocycles. The Kier molecular flexibility index (Phi) is 5.22. The topological polar surface area (TPSA) is 41.7 Å². The maximum atomic E-state index is 5.84. The molecule has 2 N–H and O–H groups in total. The van der Waals surface area contributed by atoms with Crippen LogP contribution in [-0.2, 0) is 4.74 Å². The normalized spacial score (nSPS) is 32.8. The van der Waals surface area contributed by atoms with Gasteiger partial charge in [-0.15, -0.1) is 0 Å². The first-order chi connectivity index (χ1) is 8.28. The highest BCUT2D eigenvalue weighted by Crippen LogP contribution is 2.19. The minimum atomic E-state index is 0.408. The van der Waals surface area contributed by atoms with Crippen LogP contribution in [0.4, 0.5) is 0 Å². The lowest BCUT2D eigenvalue weighted by Gasteiger charge is -2.37. The Morgan fingerprint density at radius 3 is 2.94 bits per heavy atom. The Labute approximate surface area is 105 Å². The summed E-state index contributed by atoms with van der Waals surface area (Å²) >= 11 is 0. The van der Waals surface area contributed by atoms with Gasteiger partial charge in [0.2, 0.25) is 0 Å². The molecule has 2 atom stereocenters. The molecule has 2 saturated heterocycles. The van der Waals surface area contributed by atoms with Crippen LogP contribution < -0.4 is 5.73 Å². The van der Waals surface area contributed by atoms with Gasteiger partial charge in [0, 0.05) is 26.2 Å². The molecule has 0 amide bonds. The van der Waals surface area contributed by atoms with E-state index >= 15 is 0 Å². The summed E-state index contributed by atoms with van der Waals surface area (Å²) in [6, 6.07) is 0. The van der Waals surface area contributed by atoms with E-state index in [-0.39, 0.29) is 0 Å². The third-order valence-corrected chi connectivity index (χ3v) is 3.98. The van der Waals surface area contributed by atoms with Crippen LogP contribution in [0.1, 0.15) is 19.3 Å². The Morgan fingerprint density at radius 1 is 1.29 bits per heavy atom. The fourth-order valence-electron chi connectivity index (χ4n) is 3.05. The van der Waals surface area contributed by atoms with Crippen LogP contribution in [0.15, 0.2) is 0 Å². The van der Waals surface area contributed by atoms with Crippen molar-refractivity contribution >= 4 is 0 Å². The molecule has 100 valence electrons. The highest BCUT2D eigenvalue weighted by molar-refractivity contribution is 4.78. The molecular formula is C13H27N3O. The van der Waals surface area contributed by atoms with Crippen molar-refractivity contribution in [3.8, 4) is 0 Å². The van der Waals surface area contributed by atoms with Crippen LogP contribution in [0.25, 0.3) is 0 Å². The summed E-state index contributed by atoms with van der Waals surface area (Å²) in [5.41, 5.74) is 5.66. The number of nitrogens with two attached hydrogens (primary N) is 1. The average molecular weight is 241 g/mol. The fourth-order valence-corrected chi connectivity index (χ4v) is 3.05. The molecule has 4 nitrogen and oxygen atoms in total. The molecule has 0 aromatic heterocycles. The molecule has 0 radical (unpaired) electrons. The van der Waals surface area contributed by atoms with Gasteiger partial charge >= 0.3 is 0 Å². The standard InChI is InChI=1S/C13H27N3O/c1-15-7-8-17-13(10-15)11-16-6-2-3-12(9-16)4-5-14/h12-13H,2-11,14H2,1H3. The predicted molar refractivity (Wildman–Crippen MR) is 70.1 cm³/mol. The van der Waals surface area contributed by atoms with Crippen molar-refractivity contribution in [1.29, 1.82) is 0 Å². The van der Waals surface area contributed by atoms with Crippen LogP contribution >= 0.6 is 0 Å². The second-order valence-corrected chi connectivity index (χ2v) is 5.60. The predicted octanol–water partition coefficient (Wildman–Crippen LogP) is 0.378. The number of nitrogens with zero attached hydrogens (tertiary/aromatic N) is 2. The largest absolute Gasteiger partial charge is 0.374 e. The van der Waals surface area contributed by atoms with Gasteiger partial charge in [-0.25, -0.2) is 0 Å². The van der Waals surface area contributed by atoms with Gasteiger partial charge in [-0.05, 0) is 45.3 Å². The molecule has 2 aliphatic heterocycles. The van der Waals surface area contributed by atoms with E-state index in [9.17, 15) is 0 Å². The van der Waals surface area contributed by atoms with Crippen LogP contribution in [-0.4, -0.2) is 68.8 Å². The number of rotatable bonds is 4. The first-order valence-corrected chi connectivity index (χ1v) is 7.00. The molecule has 2 heterocycles. The molecule has 4 heteroatoms. The smallest absolute Gasteiger partial charge is 0.0829 e. The van der Waals surface area contributed by atoms with Gasteiger partial charge in [-0.2, -0.15) is 0 Å². The Bertz CT molecular complexity index is 223. The molecule has 2 unspecified atom stereocenters. The molecule has 0 aromatic rings. The third kappa shape index (κ3) is 4.21. The highest BCUT2D eigenvalue weighted by Gasteiger charge is 2.24. The average Bonchev–Trinajstić information content (AvgIpc) is 2.30. The van der Waals surface area contributed by atoms with Gasteiger partial charge in [0.1, 0.15) is 0 Å². The molecule has 2 fully saturated rings. The van der Waals surface area contributed by atoms with Crippen molar-refractivity contribution < 1.29 is 4.74 Å². The van der Waals surface area contributed by atoms with Gasteiger partial charge < -0.3 is 20.3 Å². The second kappa shape index (κ2) is 6.69. The Morgan fingerprint density at radius 2 is 2.18 bits per heavy atom. The van der Waals surface area contributed by atoms with Crippen LogP contribution in [0, 0.1) is 5.92 Å². The van der Waals surface area contributed by atoms with Crippen molar-refractivity contribution in [2.24, 2.45) is 11.7 Å². The lowest BCUT2D eigenvalue weighted by atomic mass is 9.94. The van der Waals surface area contributed by atoms with Gasteiger partial charge in [0.25, 0.3) is 0 Å². The van der Waals surface area contributed by atoms with E-state index < -0.39 is 0 Å². The zero-order chi connectivity index (χ0) is 12.1. The maximum absolute atomic E-state index is 5.84. The first-order valence-electron chi connectivity index (χ1n) is 7.00. The van der Waals surface area contributed by atoms with E-state index in [1.54, 1.807) is 0 Å². The van der Waals surface area contributed by atoms with Gasteiger partial charge in [0.15, 0.2) is 0 Å². The molecular weight excluding hydrogens is 214 g/mol. The van der Waals surface area contributed by atoms with E-state index in [0.29, 0.717) is 6.10 Å². The van der Waals surface area contributed by atoms with Gasteiger partial charge in [0.05, 0.1) is 12.7 Å². The van der Waals surface area contributed by atoms with Crippen molar-refractivity contribution in [2.75, 3.05) is 52.9 Å². The van der Waals surface area contributed by atoms with Crippen molar-refractivity contribution in [3.63, 3.8) is 0 Å². The summed E-state index contributed by atoms with van der Waals surface area (Å²) in [7, 11) is 2.18. The van der Waals surface area contributed by atoms with Gasteiger partial charge in [-0.1, -0.05) is 0 Å². The zero-order valence-corrected chi connectivity index (χ0v) is 11.1. The third-order valence-electron chi connectivity index (χ3n) is 3.98. The summed E-state index contributed by atoms with van der Waals surface area (Å²) in [6.45, 7) is 7.45. The molecule has 2 aliphatic rings.